The molecule has 0 radical (unpaired) electrons. The van der Waals surface area contributed by atoms with Crippen LogP contribution in [0.5, 0.6) is 0 Å². The van der Waals surface area contributed by atoms with Crippen LogP contribution in [0, 0.1) is 6.92 Å². The Balaban J connectivity index is 0. The minimum absolute atomic E-state index is 0. The summed E-state index contributed by atoms with van der Waals surface area (Å²) >= 11 is 0. The second kappa shape index (κ2) is 9.88. The van der Waals surface area contributed by atoms with E-state index in [9.17, 15) is 0 Å². The molecule has 0 fully saturated rings. The Bertz CT molecular complexity index is 16.1. The van der Waals surface area contributed by atoms with Crippen LogP contribution in [-0.2, 0) is 22.4 Å². The van der Waals surface area contributed by atoms with Crippen LogP contribution < -0.4 is 0 Å². The molecule has 0 atom stereocenters. The van der Waals surface area contributed by atoms with E-state index in [-0.39, 0.29) is 22.4 Å². The van der Waals surface area contributed by atoms with Gasteiger partial charge in [0, 0.05) is 0 Å². The van der Waals surface area contributed by atoms with Crippen LogP contribution in [0.2, 0.25) is 0 Å². The minimum Gasteiger partial charge on any atom is -0.343 e. The summed E-state index contributed by atoms with van der Waals surface area (Å²) in [7, 11) is 0. The van der Waals surface area contributed by atoms with Crippen molar-refractivity contribution in [3.8, 4) is 0 Å². The van der Waals surface area contributed by atoms with Crippen LogP contribution in [0.25, 0.3) is 0 Å². The van der Waals surface area contributed by atoms with Crippen LogP contribution in [0.3, 0.4) is 0 Å². The van der Waals surface area contributed by atoms with Crippen molar-refractivity contribution in [2.24, 2.45) is 0 Å². The van der Waals surface area contributed by atoms with Crippen molar-refractivity contribution in [1.29, 1.82) is 0 Å². The van der Waals surface area contributed by atoms with Gasteiger partial charge in [0.25, 0.3) is 0 Å². The molecule has 1 heteroatoms. The first kappa shape index (κ1) is 10.7. The molecule has 0 nitrogen and oxygen atoms in total. The Morgan fingerprint density at radius 2 is 1.86 bits per heavy atom. The van der Waals surface area contributed by atoms with Crippen molar-refractivity contribution < 1.29 is 22.4 Å². The Hall–Kier alpha value is 0.740. The van der Waals surface area contributed by atoms with Gasteiger partial charge in [-0.05, 0) is 0 Å². The molecule has 0 aliphatic heterocycles. The van der Waals surface area contributed by atoms with Gasteiger partial charge < -0.3 is 6.92 Å². The van der Waals surface area contributed by atoms with E-state index in [0.717, 1.165) is 6.42 Å². The maximum Gasteiger partial charge on any atom is 1.00 e. The first-order valence-electron chi connectivity index (χ1n) is 2.71. The number of hydrogen-bond donors (Lipinski definition) is 0. The van der Waals surface area contributed by atoms with Gasteiger partial charge >= 0.3 is 22.4 Å². The van der Waals surface area contributed by atoms with Crippen molar-refractivity contribution in [3.63, 3.8) is 0 Å². The van der Waals surface area contributed by atoms with E-state index in [4.69, 9.17) is 0 Å². The standard InChI is InChI=1S/C6H13.Au/c1-3-5-6-4-2;/h1,3-6H2,2H3;/q-1;+1. The van der Waals surface area contributed by atoms with Crippen molar-refractivity contribution in [2.75, 3.05) is 0 Å². The molecule has 0 bridgehead atoms. The second-order valence-corrected chi connectivity index (χ2v) is 1.56. The number of unbranched alkanes of at least 4 members (excludes halogenated alkanes) is 3. The third kappa shape index (κ3) is 10.8. The molecule has 0 aromatic rings. The van der Waals surface area contributed by atoms with Crippen molar-refractivity contribution in [3.05, 3.63) is 6.92 Å². The van der Waals surface area contributed by atoms with Crippen molar-refractivity contribution >= 4 is 0 Å². The zero-order valence-electron chi connectivity index (χ0n) is 4.84. The van der Waals surface area contributed by atoms with Crippen molar-refractivity contribution in [1.82, 2.24) is 0 Å². The monoisotopic (exact) mass is 282 g/mol. The Kier molecular flexibility index (Phi) is 15.1. The second-order valence-electron chi connectivity index (χ2n) is 1.56. The Morgan fingerprint density at radius 1 is 1.29 bits per heavy atom. The van der Waals surface area contributed by atoms with E-state index >= 15 is 0 Å². The van der Waals surface area contributed by atoms with Gasteiger partial charge in [0.15, 0.2) is 0 Å². The normalized spacial score (nSPS) is 7.71. The molecule has 0 aliphatic rings. The van der Waals surface area contributed by atoms with Crippen LogP contribution in [-0.4, -0.2) is 0 Å². The van der Waals surface area contributed by atoms with E-state index in [1.807, 2.05) is 0 Å². The van der Waals surface area contributed by atoms with E-state index in [0.29, 0.717) is 0 Å². The molecule has 0 aromatic heterocycles. The fraction of sp³-hybridized carbons (Fsp3) is 0.833. The van der Waals surface area contributed by atoms with Gasteiger partial charge in [-0.1, -0.05) is 26.2 Å². The SMILES string of the molecule is [Au+].[CH2-]CCCCC. The predicted molar refractivity (Wildman–Crippen MR) is 29.5 cm³/mol. The summed E-state index contributed by atoms with van der Waals surface area (Å²) in [6, 6.07) is 0. The molecule has 48 valence electrons. The third-order valence-corrected chi connectivity index (χ3v) is 0.854. The molecule has 7 heavy (non-hydrogen) atoms. The molecule has 0 amide bonds. The summed E-state index contributed by atoms with van der Waals surface area (Å²) in [5.41, 5.74) is 0. The fourth-order valence-corrected chi connectivity index (χ4v) is 0.427. The summed E-state index contributed by atoms with van der Waals surface area (Å²) in [6.07, 6.45) is 5.07. The van der Waals surface area contributed by atoms with Crippen LogP contribution in [0.15, 0.2) is 0 Å². The van der Waals surface area contributed by atoms with Crippen LogP contribution in [0.1, 0.15) is 32.6 Å². The average Bonchev–Trinajstić information content (AvgIpc) is 1.61. The van der Waals surface area contributed by atoms with E-state index in [1.54, 1.807) is 0 Å². The van der Waals surface area contributed by atoms with Gasteiger partial charge in [0.05, 0.1) is 0 Å². The van der Waals surface area contributed by atoms with Crippen LogP contribution in [0.4, 0.5) is 0 Å². The van der Waals surface area contributed by atoms with Crippen LogP contribution >= 0.6 is 0 Å². The Morgan fingerprint density at radius 3 is 2.00 bits per heavy atom. The predicted octanol–water partition coefficient (Wildman–Crippen LogP) is 2.40. The fourth-order valence-electron chi connectivity index (χ4n) is 0.427. The minimum atomic E-state index is 0. The summed E-state index contributed by atoms with van der Waals surface area (Å²) in [5, 5.41) is 0. The van der Waals surface area contributed by atoms with E-state index in [2.05, 4.69) is 13.8 Å². The van der Waals surface area contributed by atoms with Gasteiger partial charge in [-0.15, -0.1) is 0 Å². The number of rotatable bonds is 3. The zero-order valence-corrected chi connectivity index (χ0v) is 7.00. The first-order chi connectivity index (χ1) is 2.91. The largest absolute Gasteiger partial charge is 1.00 e. The summed E-state index contributed by atoms with van der Waals surface area (Å²) in [5.74, 6) is 0. The quantitative estimate of drug-likeness (QED) is 0.423. The molecule has 0 rings (SSSR count). The average molecular weight is 282 g/mol. The first-order valence-corrected chi connectivity index (χ1v) is 2.71. The molecular weight excluding hydrogens is 269 g/mol. The smallest absolute Gasteiger partial charge is 0.343 e. The van der Waals surface area contributed by atoms with E-state index in [1.165, 1.54) is 19.3 Å². The summed E-state index contributed by atoms with van der Waals surface area (Å²) < 4.78 is 0. The summed E-state index contributed by atoms with van der Waals surface area (Å²) in [4.78, 5) is 0. The molecule has 0 saturated heterocycles. The molecule has 0 aliphatic carbocycles. The van der Waals surface area contributed by atoms with Gasteiger partial charge in [-0.2, -0.15) is 6.42 Å². The molecular formula is C6H13Au. The molecule has 0 aromatic carbocycles. The molecule has 0 spiro atoms. The van der Waals surface area contributed by atoms with Gasteiger partial charge in [0.2, 0.25) is 0 Å². The Labute approximate surface area is 62.2 Å². The molecule has 0 saturated carbocycles. The maximum atomic E-state index is 3.72. The molecule has 0 unspecified atom stereocenters. The van der Waals surface area contributed by atoms with Gasteiger partial charge in [0.1, 0.15) is 0 Å². The van der Waals surface area contributed by atoms with Crippen molar-refractivity contribution in [2.45, 2.75) is 32.6 Å². The zero-order chi connectivity index (χ0) is 4.83. The third-order valence-electron chi connectivity index (χ3n) is 0.854. The van der Waals surface area contributed by atoms with Gasteiger partial charge in [-0.25, -0.2) is 0 Å². The molecule has 0 N–H and O–H groups in total. The summed E-state index contributed by atoms with van der Waals surface area (Å²) in [6.45, 7) is 5.93. The van der Waals surface area contributed by atoms with E-state index < -0.39 is 0 Å². The topological polar surface area (TPSA) is 0 Å². The molecule has 0 heterocycles. The number of hydrogen-bond acceptors (Lipinski definition) is 0. The maximum absolute atomic E-state index is 3.72. The van der Waals surface area contributed by atoms with Gasteiger partial charge in [-0.3, -0.25) is 0 Å².